The van der Waals surface area contributed by atoms with Crippen molar-refractivity contribution < 1.29 is 4.39 Å². The van der Waals surface area contributed by atoms with Gasteiger partial charge in [-0.25, -0.2) is 4.39 Å². The molecule has 0 radical (unpaired) electrons. The summed E-state index contributed by atoms with van der Waals surface area (Å²) in [6.45, 7) is 4.35. The van der Waals surface area contributed by atoms with Crippen LogP contribution in [0.4, 0.5) is 10.1 Å². The number of hydrogen-bond donors (Lipinski definition) is 3. The second-order valence-corrected chi connectivity index (χ2v) is 4.80. The highest BCUT2D eigenvalue weighted by Crippen LogP contribution is 2.18. The Kier molecular flexibility index (Phi) is 5.27. The molecule has 0 spiro atoms. The molecule has 0 aliphatic rings. The standard InChI is InChI=1S/C15H21FN4/c1-10(9-20(3)14(19)8-17)4-6-12-11(2)5-7-13(18)15(12)16/h5,7-8,10H,9,17-19H2,1-3H3/b14-8-. The molecule has 0 aromatic heterocycles. The van der Waals surface area contributed by atoms with Gasteiger partial charge < -0.3 is 22.1 Å². The van der Waals surface area contributed by atoms with Crippen LogP contribution in [0.3, 0.4) is 0 Å². The van der Waals surface area contributed by atoms with Crippen LogP contribution in [0.25, 0.3) is 0 Å². The molecule has 0 aliphatic carbocycles. The number of anilines is 1. The van der Waals surface area contributed by atoms with Crippen LogP contribution in [0.15, 0.2) is 24.2 Å². The number of halogens is 1. The molecule has 1 rings (SSSR count). The van der Waals surface area contributed by atoms with Crippen LogP contribution in [0, 0.1) is 30.5 Å². The highest BCUT2D eigenvalue weighted by atomic mass is 19.1. The fraction of sp³-hybridized carbons (Fsp3) is 0.333. The smallest absolute Gasteiger partial charge is 0.161 e. The molecule has 1 aromatic rings. The van der Waals surface area contributed by atoms with Gasteiger partial charge in [0, 0.05) is 25.7 Å². The highest BCUT2D eigenvalue weighted by molar-refractivity contribution is 5.53. The molecule has 1 atom stereocenters. The van der Waals surface area contributed by atoms with E-state index in [1.165, 1.54) is 6.20 Å². The van der Waals surface area contributed by atoms with Gasteiger partial charge in [0.05, 0.1) is 11.3 Å². The van der Waals surface area contributed by atoms with Crippen molar-refractivity contribution in [2.45, 2.75) is 13.8 Å². The summed E-state index contributed by atoms with van der Waals surface area (Å²) in [7, 11) is 1.82. The molecule has 0 saturated heterocycles. The van der Waals surface area contributed by atoms with Crippen LogP contribution < -0.4 is 17.2 Å². The number of aryl methyl sites for hydroxylation is 1. The molecule has 1 aromatic carbocycles. The molecule has 108 valence electrons. The maximum Gasteiger partial charge on any atom is 0.161 e. The van der Waals surface area contributed by atoms with Crippen molar-refractivity contribution in [3.05, 3.63) is 41.1 Å². The maximum absolute atomic E-state index is 13.9. The SMILES string of the molecule is Cc1ccc(N)c(F)c1C#CC(C)CN(C)/C(N)=C\N. The summed E-state index contributed by atoms with van der Waals surface area (Å²) >= 11 is 0. The molecule has 0 fully saturated rings. The van der Waals surface area contributed by atoms with Crippen LogP contribution in [0.5, 0.6) is 0 Å². The first-order valence-electron chi connectivity index (χ1n) is 6.31. The maximum atomic E-state index is 13.9. The number of hydrogen-bond acceptors (Lipinski definition) is 4. The molecule has 1 unspecified atom stereocenters. The minimum atomic E-state index is -0.459. The van der Waals surface area contributed by atoms with Gasteiger partial charge >= 0.3 is 0 Å². The molecule has 0 heterocycles. The first kappa shape index (κ1) is 15.7. The zero-order valence-corrected chi connectivity index (χ0v) is 12.1. The molecular formula is C15H21FN4. The first-order chi connectivity index (χ1) is 9.36. The van der Waals surface area contributed by atoms with E-state index >= 15 is 0 Å². The van der Waals surface area contributed by atoms with Crippen molar-refractivity contribution in [1.82, 2.24) is 4.90 Å². The number of rotatable bonds is 3. The second-order valence-electron chi connectivity index (χ2n) is 4.80. The van der Waals surface area contributed by atoms with Gasteiger partial charge in [-0.1, -0.05) is 17.9 Å². The Hall–Kier alpha value is -2.35. The van der Waals surface area contributed by atoms with Gasteiger partial charge in [-0.15, -0.1) is 0 Å². The van der Waals surface area contributed by atoms with E-state index in [-0.39, 0.29) is 11.6 Å². The first-order valence-corrected chi connectivity index (χ1v) is 6.31. The molecule has 0 aliphatic heterocycles. The largest absolute Gasteiger partial charge is 0.402 e. The Balaban J connectivity index is 2.88. The fourth-order valence-corrected chi connectivity index (χ4v) is 1.73. The summed E-state index contributed by atoms with van der Waals surface area (Å²) in [5.74, 6) is 5.90. The van der Waals surface area contributed by atoms with Gasteiger partial charge in [-0.3, -0.25) is 0 Å². The van der Waals surface area contributed by atoms with Gasteiger partial charge in [0.2, 0.25) is 0 Å². The predicted octanol–water partition coefficient (Wildman–Crippen LogP) is 1.35. The molecule has 6 N–H and O–H groups in total. The molecule has 0 bridgehead atoms. The summed E-state index contributed by atoms with van der Waals surface area (Å²) in [5, 5.41) is 0. The molecule has 4 nitrogen and oxygen atoms in total. The third kappa shape index (κ3) is 3.82. The van der Waals surface area contributed by atoms with Crippen molar-refractivity contribution in [2.24, 2.45) is 17.4 Å². The van der Waals surface area contributed by atoms with Crippen molar-refractivity contribution in [2.75, 3.05) is 19.3 Å². The molecule has 0 saturated carbocycles. The number of benzene rings is 1. The van der Waals surface area contributed by atoms with Crippen molar-refractivity contribution in [1.29, 1.82) is 0 Å². The average Bonchev–Trinajstić information content (AvgIpc) is 2.42. The van der Waals surface area contributed by atoms with Gasteiger partial charge in [-0.05, 0) is 25.5 Å². The zero-order valence-electron chi connectivity index (χ0n) is 12.1. The van der Waals surface area contributed by atoms with E-state index in [9.17, 15) is 4.39 Å². The highest BCUT2D eigenvalue weighted by Gasteiger charge is 2.08. The Bertz CT molecular complexity index is 569. The topological polar surface area (TPSA) is 81.3 Å². The van der Waals surface area contributed by atoms with E-state index in [2.05, 4.69) is 11.8 Å². The summed E-state index contributed by atoms with van der Waals surface area (Å²) in [6, 6.07) is 3.30. The van der Waals surface area contributed by atoms with E-state index in [0.717, 1.165) is 5.56 Å². The van der Waals surface area contributed by atoms with E-state index in [4.69, 9.17) is 17.2 Å². The zero-order chi connectivity index (χ0) is 15.3. The van der Waals surface area contributed by atoms with Gasteiger partial charge in [0.1, 0.15) is 5.82 Å². The van der Waals surface area contributed by atoms with Gasteiger partial charge in [-0.2, -0.15) is 0 Å². The lowest BCUT2D eigenvalue weighted by molar-refractivity contribution is 0.379. The van der Waals surface area contributed by atoms with E-state index < -0.39 is 5.82 Å². The average molecular weight is 276 g/mol. The predicted molar refractivity (Wildman–Crippen MR) is 80.7 cm³/mol. The van der Waals surface area contributed by atoms with Crippen LogP contribution in [0.1, 0.15) is 18.1 Å². The van der Waals surface area contributed by atoms with E-state index in [1.807, 2.05) is 14.0 Å². The van der Waals surface area contributed by atoms with Crippen molar-refractivity contribution >= 4 is 5.69 Å². The minimum Gasteiger partial charge on any atom is -0.402 e. The number of nitrogens with two attached hydrogens (primary N) is 3. The van der Waals surface area contributed by atoms with Crippen LogP contribution >= 0.6 is 0 Å². The van der Waals surface area contributed by atoms with Gasteiger partial charge in [0.25, 0.3) is 0 Å². The summed E-state index contributed by atoms with van der Waals surface area (Å²) < 4.78 is 13.9. The summed E-state index contributed by atoms with van der Waals surface area (Å²) in [6.07, 6.45) is 1.34. The second kappa shape index (κ2) is 6.71. The monoisotopic (exact) mass is 276 g/mol. The lowest BCUT2D eigenvalue weighted by Gasteiger charge is -2.20. The Labute approximate surface area is 119 Å². The molecular weight excluding hydrogens is 255 g/mol. The molecule has 0 amide bonds. The van der Waals surface area contributed by atoms with Crippen molar-refractivity contribution in [3.8, 4) is 11.8 Å². The van der Waals surface area contributed by atoms with Crippen LogP contribution in [-0.2, 0) is 0 Å². The fourth-order valence-electron chi connectivity index (χ4n) is 1.73. The van der Waals surface area contributed by atoms with Gasteiger partial charge in [0.15, 0.2) is 5.82 Å². The Morgan fingerprint density at radius 3 is 2.75 bits per heavy atom. The van der Waals surface area contributed by atoms with E-state index in [0.29, 0.717) is 17.9 Å². The molecule has 5 heteroatoms. The Morgan fingerprint density at radius 1 is 1.50 bits per heavy atom. The van der Waals surface area contributed by atoms with Crippen LogP contribution in [0.2, 0.25) is 0 Å². The van der Waals surface area contributed by atoms with Crippen LogP contribution in [-0.4, -0.2) is 18.5 Å². The Morgan fingerprint density at radius 2 is 2.15 bits per heavy atom. The third-order valence-corrected chi connectivity index (χ3v) is 2.98. The van der Waals surface area contributed by atoms with Crippen molar-refractivity contribution in [3.63, 3.8) is 0 Å². The minimum absolute atomic E-state index is 0.0127. The lowest BCUT2D eigenvalue weighted by atomic mass is 10.1. The quantitative estimate of drug-likeness (QED) is 0.575. The number of nitrogen functional groups attached to an aromatic ring is 1. The summed E-state index contributed by atoms with van der Waals surface area (Å²) in [5.41, 5.74) is 17.8. The number of nitrogens with zero attached hydrogens (tertiary/aromatic N) is 1. The third-order valence-electron chi connectivity index (χ3n) is 2.98. The van der Waals surface area contributed by atoms with E-state index in [1.54, 1.807) is 24.0 Å². The summed E-state index contributed by atoms with van der Waals surface area (Å²) in [4.78, 5) is 1.79. The molecule has 20 heavy (non-hydrogen) atoms. The lowest BCUT2D eigenvalue weighted by Crippen LogP contribution is -2.28. The normalized spacial score (nSPS) is 12.5.